The highest BCUT2D eigenvalue weighted by Gasteiger charge is 2.37. The maximum Gasteiger partial charge on any atom is 0.111 e. The molecule has 0 bridgehead atoms. The first kappa shape index (κ1) is 19.2. The summed E-state index contributed by atoms with van der Waals surface area (Å²) in [4.78, 5) is 0. The molecule has 2 aromatic carbocycles. The molecular formula is C20H18Cl2O4. The topological polar surface area (TPSA) is 69.9 Å². The minimum Gasteiger partial charge on any atom is -0.394 e. The average molecular weight is 393 g/mol. The quantitative estimate of drug-likeness (QED) is 0.687. The summed E-state index contributed by atoms with van der Waals surface area (Å²) in [5.41, 5.74) is 2.10. The van der Waals surface area contributed by atoms with E-state index in [1.54, 1.807) is 36.4 Å². The van der Waals surface area contributed by atoms with E-state index in [9.17, 15) is 15.3 Å². The number of aliphatic hydroxyl groups excluding tert-OH is 3. The van der Waals surface area contributed by atoms with Crippen molar-refractivity contribution in [1.29, 1.82) is 0 Å². The molecule has 2 aromatic rings. The number of hydrogen-bond donors (Lipinski definition) is 3. The van der Waals surface area contributed by atoms with Crippen LogP contribution < -0.4 is 0 Å². The SMILES string of the molecule is OCC1CC(O)C(O)C(c2cccc(C#Cc3cc(Cl)cc(Cl)c3)c2)O1. The summed E-state index contributed by atoms with van der Waals surface area (Å²) in [6.45, 7) is -0.213. The van der Waals surface area contributed by atoms with Gasteiger partial charge in [-0.3, -0.25) is 0 Å². The molecule has 1 saturated heterocycles. The molecule has 4 nitrogen and oxygen atoms in total. The Kier molecular flexibility index (Phi) is 6.20. The van der Waals surface area contributed by atoms with Crippen LogP contribution in [0.15, 0.2) is 42.5 Å². The van der Waals surface area contributed by atoms with Crippen molar-refractivity contribution >= 4 is 23.2 Å². The van der Waals surface area contributed by atoms with Gasteiger partial charge in [0.05, 0.1) is 18.8 Å². The molecule has 1 heterocycles. The third-order valence-corrected chi connectivity index (χ3v) is 4.62. The Morgan fingerprint density at radius 3 is 2.38 bits per heavy atom. The highest BCUT2D eigenvalue weighted by Crippen LogP contribution is 2.32. The van der Waals surface area contributed by atoms with E-state index >= 15 is 0 Å². The van der Waals surface area contributed by atoms with Gasteiger partial charge in [0.1, 0.15) is 12.2 Å². The van der Waals surface area contributed by atoms with Crippen molar-refractivity contribution in [2.45, 2.75) is 30.8 Å². The van der Waals surface area contributed by atoms with Gasteiger partial charge in [-0.1, -0.05) is 47.2 Å². The van der Waals surface area contributed by atoms with Gasteiger partial charge in [0.15, 0.2) is 0 Å². The molecule has 1 fully saturated rings. The molecule has 4 atom stereocenters. The maximum absolute atomic E-state index is 10.2. The smallest absolute Gasteiger partial charge is 0.111 e. The molecule has 0 aliphatic carbocycles. The zero-order chi connectivity index (χ0) is 18.7. The Morgan fingerprint density at radius 2 is 1.69 bits per heavy atom. The van der Waals surface area contributed by atoms with Crippen LogP contribution in [0.4, 0.5) is 0 Å². The molecule has 0 spiro atoms. The summed E-state index contributed by atoms with van der Waals surface area (Å²) < 4.78 is 5.71. The molecule has 3 N–H and O–H groups in total. The van der Waals surface area contributed by atoms with Crippen LogP contribution in [0.3, 0.4) is 0 Å². The summed E-state index contributed by atoms with van der Waals surface area (Å²) in [6.07, 6.45) is -3.05. The molecule has 1 aliphatic rings. The summed E-state index contributed by atoms with van der Waals surface area (Å²) in [7, 11) is 0. The van der Waals surface area contributed by atoms with E-state index in [-0.39, 0.29) is 13.0 Å². The number of aliphatic hydroxyl groups is 3. The Morgan fingerprint density at radius 1 is 1.00 bits per heavy atom. The van der Waals surface area contributed by atoms with Gasteiger partial charge < -0.3 is 20.1 Å². The van der Waals surface area contributed by atoms with E-state index in [2.05, 4.69) is 11.8 Å². The first-order chi connectivity index (χ1) is 12.5. The average Bonchev–Trinajstić information content (AvgIpc) is 2.61. The van der Waals surface area contributed by atoms with Crippen LogP contribution in [-0.4, -0.2) is 40.2 Å². The molecule has 0 radical (unpaired) electrons. The van der Waals surface area contributed by atoms with Crippen molar-refractivity contribution in [3.63, 3.8) is 0 Å². The van der Waals surface area contributed by atoms with E-state index in [0.29, 0.717) is 21.2 Å². The van der Waals surface area contributed by atoms with Crippen LogP contribution in [0.2, 0.25) is 10.0 Å². The lowest BCUT2D eigenvalue weighted by molar-refractivity contribution is -0.179. The number of ether oxygens (including phenoxy) is 1. The normalized spacial score (nSPS) is 25.4. The summed E-state index contributed by atoms with van der Waals surface area (Å²) in [6, 6.07) is 12.3. The lowest BCUT2D eigenvalue weighted by atomic mass is 9.92. The maximum atomic E-state index is 10.2. The van der Waals surface area contributed by atoms with E-state index in [4.69, 9.17) is 27.9 Å². The Balaban J connectivity index is 1.85. The van der Waals surface area contributed by atoms with Gasteiger partial charge in [0.25, 0.3) is 0 Å². The van der Waals surface area contributed by atoms with Gasteiger partial charge in [-0.05, 0) is 35.9 Å². The fourth-order valence-electron chi connectivity index (χ4n) is 2.91. The number of rotatable bonds is 2. The standard InChI is InChI=1S/C20H18Cl2O4/c21-15-7-13(8-16(22)9-15)5-4-12-2-1-3-14(6-12)20-19(25)18(24)10-17(11-23)26-20/h1-3,6-9,17-20,23-25H,10-11H2. The predicted octanol–water partition coefficient (Wildman–Crippen LogP) is 2.94. The Labute approximate surface area is 162 Å². The van der Waals surface area contributed by atoms with Crippen molar-refractivity contribution in [3.8, 4) is 11.8 Å². The molecule has 26 heavy (non-hydrogen) atoms. The second-order valence-corrected chi connectivity index (χ2v) is 7.06. The van der Waals surface area contributed by atoms with Gasteiger partial charge in [-0.25, -0.2) is 0 Å². The first-order valence-corrected chi connectivity index (χ1v) is 8.92. The lowest BCUT2D eigenvalue weighted by Gasteiger charge is -2.36. The third-order valence-electron chi connectivity index (χ3n) is 4.18. The Bertz CT molecular complexity index is 823. The monoisotopic (exact) mass is 392 g/mol. The van der Waals surface area contributed by atoms with Crippen molar-refractivity contribution in [3.05, 3.63) is 69.2 Å². The molecule has 6 heteroatoms. The summed E-state index contributed by atoms with van der Waals surface area (Å²) in [5.74, 6) is 6.03. The van der Waals surface area contributed by atoms with Crippen LogP contribution in [0.5, 0.6) is 0 Å². The van der Waals surface area contributed by atoms with Crippen molar-refractivity contribution < 1.29 is 20.1 Å². The van der Waals surface area contributed by atoms with E-state index in [0.717, 1.165) is 5.56 Å². The van der Waals surface area contributed by atoms with Gasteiger partial charge in [0.2, 0.25) is 0 Å². The molecule has 3 rings (SSSR count). The zero-order valence-corrected chi connectivity index (χ0v) is 15.3. The summed E-state index contributed by atoms with van der Waals surface area (Å²) in [5, 5.41) is 30.6. The molecule has 0 saturated carbocycles. The van der Waals surface area contributed by atoms with Crippen molar-refractivity contribution in [1.82, 2.24) is 0 Å². The van der Waals surface area contributed by atoms with Crippen LogP contribution >= 0.6 is 23.2 Å². The second-order valence-electron chi connectivity index (χ2n) is 6.19. The van der Waals surface area contributed by atoms with Crippen molar-refractivity contribution in [2.24, 2.45) is 0 Å². The minimum atomic E-state index is -1.06. The Hall–Kier alpha value is -1.58. The van der Waals surface area contributed by atoms with Crippen molar-refractivity contribution in [2.75, 3.05) is 6.61 Å². The van der Waals surface area contributed by atoms with E-state index < -0.39 is 24.4 Å². The summed E-state index contributed by atoms with van der Waals surface area (Å²) >= 11 is 12.0. The highest BCUT2D eigenvalue weighted by molar-refractivity contribution is 6.34. The largest absolute Gasteiger partial charge is 0.394 e. The molecule has 1 aliphatic heterocycles. The van der Waals surface area contributed by atoms with Gasteiger partial charge in [0, 0.05) is 27.6 Å². The molecule has 0 amide bonds. The zero-order valence-electron chi connectivity index (χ0n) is 13.8. The van der Waals surface area contributed by atoms with Crippen LogP contribution in [0, 0.1) is 11.8 Å². The van der Waals surface area contributed by atoms with Crippen LogP contribution in [-0.2, 0) is 4.74 Å². The fraction of sp³-hybridized carbons (Fsp3) is 0.300. The van der Waals surface area contributed by atoms with Gasteiger partial charge in [-0.15, -0.1) is 0 Å². The highest BCUT2D eigenvalue weighted by atomic mass is 35.5. The number of halogens is 2. The van der Waals surface area contributed by atoms with E-state index in [1.165, 1.54) is 0 Å². The fourth-order valence-corrected chi connectivity index (χ4v) is 3.44. The molecule has 4 unspecified atom stereocenters. The minimum absolute atomic E-state index is 0.198. The predicted molar refractivity (Wildman–Crippen MR) is 100 cm³/mol. The number of hydrogen-bond acceptors (Lipinski definition) is 4. The number of benzene rings is 2. The first-order valence-electron chi connectivity index (χ1n) is 8.17. The second kappa shape index (κ2) is 8.41. The van der Waals surface area contributed by atoms with Crippen LogP contribution in [0.1, 0.15) is 29.2 Å². The molecule has 0 aromatic heterocycles. The third kappa shape index (κ3) is 4.57. The van der Waals surface area contributed by atoms with E-state index in [1.807, 2.05) is 6.07 Å². The molecule has 136 valence electrons. The van der Waals surface area contributed by atoms with Crippen LogP contribution in [0.25, 0.3) is 0 Å². The lowest BCUT2D eigenvalue weighted by Crippen LogP contribution is -2.44. The van der Waals surface area contributed by atoms with Gasteiger partial charge >= 0.3 is 0 Å². The van der Waals surface area contributed by atoms with Gasteiger partial charge in [-0.2, -0.15) is 0 Å². The molecular weight excluding hydrogens is 375 g/mol.